The summed E-state index contributed by atoms with van der Waals surface area (Å²) in [6.07, 6.45) is 4.95. The lowest BCUT2D eigenvalue weighted by Crippen LogP contribution is -2.32. The molecular weight excluding hydrogens is 197 g/mol. The van der Waals surface area contributed by atoms with E-state index in [2.05, 4.69) is 35.0 Å². The van der Waals surface area contributed by atoms with Crippen molar-refractivity contribution in [3.63, 3.8) is 0 Å². The molecule has 0 amide bonds. The molecule has 0 bridgehead atoms. The fourth-order valence-electron chi connectivity index (χ4n) is 0.747. The predicted octanol–water partition coefficient (Wildman–Crippen LogP) is 1.42. The largest absolute Gasteiger partial charge is 0.279 e. The fourth-order valence-corrected chi connectivity index (χ4v) is 2.24. The average molecular weight is 215 g/mol. The molecule has 0 radical (unpaired) electrons. The highest BCUT2D eigenvalue weighted by Gasteiger charge is 2.17. The third-order valence-corrected chi connectivity index (χ3v) is 3.26. The minimum atomic E-state index is -2.73. The molecule has 0 aliphatic heterocycles. The van der Waals surface area contributed by atoms with Crippen molar-refractivity contribution in [2.75, 3.05) is 19.6 Å². The van der Waals surface area contributed by atoms with Crippen molar-refractivity contribution in [2.24, 2.45) is 0 Å². The average Bonchev–Trinajstić information content (AvgIpc) is 2.21. The molecule has 0 aliphatic carbocycles. The summed E-state index contributed by atoms with van der Waals surface area (Å²) in [5, 5.41) is 8.51. The Morgan fingerprint density at radius 1 is 0.857 bits per heavy atom. The summed E-state index contributed by atoms with van der Waals surface area (Å²) in [7, 11) is -2.73. The monoisotopic (exact) mass is 215 g/mol. The van der Waals surface area contributed by atoms with Gasteiger partial charge in [0.2, 0.25) is 0 Å². The second kappa shape index (κ2) is 7.71. The van der Waals surface area contributed by atoms with Crippen LogP contribution in [-0.2, 0) is 4.57 Å². The summed E-state index contributed by atoms with van der Waals surface area (Å²) < 4.78 is 12.0. The van der Waals surface area contributed by atoms with Crippen LogP contribution in [0.1, 0.15) is 0 Å². The van der Waals surface area contributed by atoms with Gasteiger partial charge in [-0.3, -0.25) is 4.57 Å². The van der Waals surface area contributed by atoms with Gasteiger partial charge in [-0.15, -0.1) is 19.7 Å². The first-order valence-corrected chi connectivity index (χ1v) is 6.07. The van der Waals surface area contributed by atoms with Crippen LogP contribution < -0.4 is 15.3 Å². The Labute approximate surface area is 85.7 Å². The molecule has 0 aromatic rings. The maximum atomic E-state index is 12.0. The van der Waals surface area contributed by atoms with E-state index < -0.39 is 7.59 Å². The summed E-state index contributed by atoms with van der Waals surface area (Å²) in [6, 6.07) is 0. The molecule has 0 spiro atoms. The van der Waals surface area contributed by atoms with Crippen LogP contribution in [0.2, 0.25) is 0 Å². The fraction of sp³-hybridized carbons (Fsp3) is 0.333. The number of nitrogens with one attached hydrogen (secondary N) is 3. The SMILES string of the molecule is C=CCNP(=O)(NCC=C)NCC=C. The van der Waals surface area contributed by atoms with Crippen LogP contribution in [0.25, 0.3) is 0 Å². The lowest BCUT2D eigenvalue weighted by atomic mass is 10.7. The Hall–Kier alpha value is -0.670. The Morgan fingerprint density at radius 3 is 1.36 bits per heavy atom. The Bertz CT molecular complexity index is 202. The molecule has 0 saturated carbocycles. The first kappa shape index (κ1) is 13.3. The molecule has 0 atom stereocenters. The van der Waals surface area contributed by atoms with Gasteiger partial charge in [0.25, 0.3) is 7.59 Å². The Kier molecular flexibility index (Phi) is 7.34. The molecule has 0 saturated heterocycles. The van der Waals surface area contributed by atoms with Crippen LogP contribution >= 0.6 is 7.59 Å². The first-order valence-electron chi connectivity index (χ1n) is 4.36. The van der Waals surface area contributed by atoms with E-state index in [0.29, 0.717) is 19.6 Å². The summed E-state index contributed by atoms with van der Waals surface area (Å²) in [6.45, 7) is 12.1. The van der Waals surface area contributed by atoms with Gasteiger partial charge in [0, 0.05) is 19.6 Å². The zero-order chi connectivity index (χ0) is 10.9. The van der Waals surface area contributed by atoms with E-state index in [1.165, 1.54) is 0 Å². The molecule has 0 aliphatic rings. The highest BCUT2D eigenvalue weighted by Crippen LogP contribution is 2.28. The van der Waals surface area contributed by atoms with Crippen LogP contribution in [0, 0.1) is 0 Å². The lowest BCUT2D eigenvalue weighted by molar-refractivity contribution is 0.549. The Morgan fingerprint density at radius 2 is 1.14 bits per heavy atom. The Balaban J connectivity index is 4.15. The summed E-state index contributed by atoms with van der Waals surface area (Å²) in [5.41, 5.74) is 0. The molecule has 0 fully saturated rings. The van der Waals surface area contributed by atoms with Gasteiger partial charge >= 0.3 is 0 Å². The van der Waals surface area contributed by atoms with E-state index in [1.807, 2.05) is 0 Å². The molecular formula is C9H18N3OP. The zero-order valence-electron chi connectivity index (χ0n) is 8.33. The van der Waals surface area contributed by atoms with Crippen molar-refractivity contribution >= 4 is 7.59 Å². The quantitative estimate of drug-likeness (QED) is 0.402. The molecule has 5 heteroatoms. The first-order chi connectivity index (χ1) is 6.68. The van der Waals surface area contributed by atoms with Crippen LogP contribution in [0.5, 0.6) is 0 Å². The van der Waals surface area contributed by atoms with Gasteiger partial charge in [0.15, 0.2) is 0 Å². The number of hydrogen-bond donors (Lipinski definition) is 3. The molecule has 0 aromatic carbocycles. The van der Waals surface area contributed by atoms with Gasteiger partial charge in [-0.2, -0.15) is 0 Å². The molecule has 14 heavy (non-hydrogen) atoms. The van der Waals surface area contributed by atoms with E-state index in [-0.39, 0.29) is 0 Å². The van der Waals surface area contributed by atoms with Crippen molar-refractivity contribution in [2.45, 2.75) is 0 Å². The van der Waals surface area contributed by atoms with Crippen LogP contribution in [-0.4, -0.2) is 19.6 Å². The van der Waals surface area contributed by atoms with E-state index in [0.717, 1.165) is 0 Å². The highest BCUT2D eigenvalue weighted by molar-refractivity contribution is 7.57. The lowest BCUT2D eigenvalue weighted by Gasteiger charge is -2.19. The number of hydrogen-bond acceptors (Lipinski definition) is 1. The molecule has 0 rings (SSSR count). The molecule has 4 nitrogen and oxygen atoms in total. The van der Waals surface area contributed by atoms with E-state index in [1.54, 1.807) is 18.2 Å². The minimum absolute atomic E-state index is 0.478. The van der Waals surface area contributed by atoms with Crippen LogP contribution in [0.4, 0.5) is 0 Å². The van der Waals surface area contributed by atoms with E-state index >= 15 is 0 Å². The molecule has 0 unspecified atom stereocenters. The molecule has 0 aromatic heterocycles. The van der Waals surface area contributed by atoms with Gasteiger partial charge in [0.1, 0.15) is 0 Å². The predicted molar refractivity (Wildman–Crippen MR) is 62.2 cm³/mol. The van der Waals surface area contributed by atoms with Crippen LogP contribution in [0.3, 0.4) is 0 Å². The molecule has 0 heterocycles. The van der Waals surface area contributed by atoms with Crippen molar-refractivity contribution in [3.8, 4) is 0 Å². The summed E-state index contributed by atoms with van der Waals surface area (Å²) >= 11 is 0. The van der Waals surface area contributed by atoms with E-state index in [9.17, 15) is 4.57 Å². The summed E-state index contributed by atoms with van der Waals surface area (Å²) in [5.74, 6) is 0. The topological polar surface area (TPSA) is 53.2 Å². The third-order valence-electron chi connectivity index (χ3n) is 1.37. The highest BCUT2D eigenvalue weighted by atomic mass is 31.2. The standard InChI is InChI=1S/C9H18N3OP/c1-4-7-10-14(13,11-8-5-2)12-9-6-3/h4-6H,1-3,7-9H2,(H3,10,11,12,13). The van der Waals surface area contributed by atoms with Crippen molar-refractivity contribution < 1.29 is 4.57 Å². The maximum Gasteiger partial charge on any atom is 0.279 e. The minimum Gasteiger partial charge on any atom is -0.271 e. The number of rotatable bonds is 9. The van der Waals surface area contributed by atoms with Gasteiger partial charge in [0.05, 0.1) is 0 Å². The maximum absolute atomic E-state index is 12.0. The van der Waals surface area contributed by atoms with Gasteiger partial charge in [-0.1, -0.05) is 18.2 Å². The van der Waals surface area contributed by atoms with Gasteiger partial charge < -0.3 is 0 Å². The van der Waals surface area contributed by atoms with Gasteiger partial charge in [-0.05, 0) is 0 Å². The molecule has 80 valence electrons. The van der Waals surface area contributed by atoms with Crippen molar-refractivity contribution in [1.82, 2.24) is 15.3 Å². The zero-order valence-corrected chi connectivity index (χ0v) is 9.22. The van der Waals surface area contributed by atoms with E-state index in [4.69, 9.17) is 0 Å². The molecule has 3 N–H and O–H groups in total. The normalized spacial score (nSPS) is 10.9. The van der Waals surface area contributed by atoms with Crippen LogP contribution in [0.15, 0.2) is 38.0 Å². The summed E-state index contributed by atoms with van der Waals surface area (Å²) in [4.78, 5) is 0. The van der Waals surface area contributed by atoms with Crippen molar-refractivity contribution in [1.29, 1.82) is 0 Å². The van der Waals surface area contributed by atoms with Crippen molar-refractivity contribution in [3.05, 3.63) is 38.0 Å². The third kappa shape index (κ3) is 5.89. The second-order valence-electron chi connectivity index (χ2n) is 2.56. The second-order valence-corrected chi connectivity index (χ2v) is 4.73. The van der Waals surface area contributed by atoms with Gasteiger partial charge in [-0.25, -0.2) is 15.3 Å². The smallest absolute Gasteiger partial charge is 0.271 e.